The fourth-order valence-corrected chi connectivity index (χ4v) is 6.91. The van der Waals surface area contributed by atoms with E-state index in [1.54, 1.807) is 0 Å². The second-order valence-electron chi connectivity index (χ2n) is 15.2. The Balaban J connectivity index is 4.78. The quantitative estimate of drug-likeness (QED) is 0.0512. The number of ether oxygens (including phenoxy) is 2. The number of aliphatic hydroxyl groups is 1. The van der Waals surface area contributed by atoms with E-state index in [1.165, 1.54) is 154 Å². The maximum absolute atomic E-state index is 13.0. The first kappa shape index (κ1) is 47.9. The fraction of sp³-hybridized carbons (Fsp3) is 0.955. The van der Waals surface area contributed by atoms with Crippen LogP contribution in [0.25, 0.3) is 0 Å². The maximum atomic E-state index is 13.0. The number of carbonyl (C=O) groups is 2. The third kappa shape index (κ3) is 33.8. The second kappa shape index (κ2) is 38.1. The van der Waals surface area contributed by atoms with Crippen LogP contribution in [0.15, 0.2) is 0 Å². The third-order valence-electron chi connectivity index (χ3n) is 10.2. The van der Waals surface area contributed by atoms with Crippen molar-refractivity contribution in [3.8, 4) is 0 Å². The van der Waals surface area contributed by atoms with Gasteiger partial charge in [-0.25, -0.2) is 4.79 Å². The Bertz CT molecular complexity index is 695. The molecule has 0 fully saturated rings. The summed E-state index contributed by atoms with van der Waals surface area (Å²) in [6.07, 6.45) is 38.5. The smallest absolute Gasteiger partial charge is 0.335 e. The zero-order valence-electron chi connectivity index (χ0n) is 33.6. The summed E-state index contributed by atoms with van der Waals surface area (Å²) in [6, 6.07) is 0. The SMILES string of the molecule is CCCCCCCCCCCC(CCCCCCCC)OC(=O)CC(O)C(=O)OC(CCCCCCCC)CCCCCCCCCCC. The molecule has 0 aliphatic rings. The van der Waals surface area contributed by atoms with E-state index in [9.17, 15) is 14.7 Å². The number of rotatable bonds is 39. The zero-order valence-corrected chi connectivity index (χ0v) is 33.6. The van der Waals surface area contributed by atoms with Crippen molar-refractivity contribution in [2.45, 2.75) is 271 Å². The Morgan fingerprint density at radius 1 is 0.388 bits per heavy atom. The number of unbranched alkanes of at least 4 members (excludes halogenated alkanes) is 26. The Morgan fingerprint density at radius 2 is 0.633 bits per heavy atom. The van der Waals surface area contributed by atoms with Crippen LogP contribution in [0.4, 0.5) is 0 Å². The molecule has 0 bridgehead atoms. The number of esters is 2. The highest BCUT2D eigenvalue weighted by molar-refractivity contribution is 5.81. The summed E-state index contributed by atoms with van der Waals surface area (Å²) in [5.41, 5.74) is 0. The van der Waals surface area contributed by atoms with Gasteiger partial charge in [-0.05, 0) is 51.4 Å². The summed E-state index contributed by atoms with van der Waals surface area (Å²) >= 11 is 0. The Labute approximate surface area is 306 Å². The van der Waals surface area contributed by atoms with Crippen molar-refractivity contribution in [2.24, 2.45) is 0 Å². The lowest BCUT2D eigenvalue weighted by Crippen LogP contribution is -2.31. The van der Waals surface area contributed by atoms with Crippen LogP contribution in [0.1, 0.15) is 252 Å². The van der Waals surface area contributed by atoms with Gasteiger partial charge in [0.25, 0.3) is 0 Å². The second-order valence-corrected chi connectivity index (χ2v) is 15.2. The van der Waals surface area contributed by atoms with Crippen LogP contribution < -0.4 is 0 Å². The van der Waals surface area contributed by atoms with Gasteiger partial charge in [0.05, 0.1) is 6.42 Å². The first-order chi connectivity index (χ1) is 24.0. The van der Waals surface area contributed by atoms with Crippen molar-refractivity contribution in [1.29, 1.82) is 0 Å². The lowest BCUT2D eigenvalue weighted by molar-refractivity contribution is -0.166. The minimum absolute atomic E-state index is 0.126. The molecule has 292 valence electrons. The number of carbonyl (C=O) groups excluding carboxylic acids is 2. The molecular formula is C44H86O5. The monoisotopic (exact) mass is 695 g/mol. The Kier molecular flexibility index (Phi) is 37.3. The maximum Gasteiger partial charge on any atom is 0.335 e. The molecule has 0 aliphatic heterocycles. The minimum Gasteiger partial charge on any atom is -0.462 e. The highest BCUT2D eigenvalue weighted by Gasteiger charge is 2.26. The first-order valence-corrected chi connectivity index (χ1v) is 22.1. The summed E-state index contributed by atoms with van der Waals surface area (Å²) in [4.78, 5) is 25.9. The van der Waals surface area contributed by atoms with Gasteiger partial charge in [0.15, 0.2) is 6.10 Å². The summed E-state index contributed by atoms with van der Waals surface area (Å²) in [6.45, 7) is 8.98. The van der Waals surface area contributed by atoms with E-state index < -0.39 is 18.0 Å². The number of hydrogen-bond donors (Lipinski definition) is 1. The van der Waals surface area contributed by atoms with Crippen LogP contribution in [0.3, 0.4) is 0 Å². The Morgan fingerprint density at radius 3 is 0.918 bits per heavy atom. The van der Waals surface area contributed by atoms with Crippen LogP contribution in [0, 0.1) is 0 Å². The Hall–Kier alpha value is -1.10. The molecule has 0 aromatic carbocycles. The number of hydrogen-bond acceptors (Lipinski definition) is 5. The van der Waals surface area contributed by atoms with Gasteiger partial charge in [-0.3, -0.25) is 4.79 Å². The van der Waals surface area contributed by atoms with E-state index in [4.69, 9.17) is 9.47 Å². The van der Waals surface area contributed by atoms with Crippen molar-refractivity contribution in [1.82, 2.24) is 0 Å². The molecule has 49 heavy (non-hydrogen) atoms. The van der Waals surface area contributed by atoms with Gasteiger partial charge in [0.2, 0.25) is 0 Å². The predicted molar refractivity (Wildman–Crippen MR) is 210 cm³/mol. The van der Waals surface area contributed by atoms with Gasteiger partial charge >= 0.3 is 11.9 Å². The molecule has 3 atom stereocenters. The highest BCUT2D eigenvalue weighted by Crippen LogP contribution is 2.20. The van der Waals surface area contributed by atoms with Gasteiger partial charge in [-0.15, -0.1) is 0 Å². The van der Waals surface area contributed by atoms with Crippen molar-refractivity contribution < 1.29 is 24.2 Å². The zero-order chi connectivity index (χ0) is 36.0. The molecule has 0 spiro atoms. The van der Waals surface area contributed by atoms with Crippen molar-refractivity contribution in [3.63, 3.8) is 0 Å². The molecule has 5 nitrogen and oxygen atoms in total. The van der Waals surface area contributed by atoms with Gasteiger partial charge in [0, 0.05) is 0 Å². The standard InChI is InChI=1S/C44H86O5/c1-5-9-13-17-21-23-25-29-32-36-40(35-31-27-19-15-11-7-3)48-43(46)39-42(45)44(47)49-41(37-33-28-20-16-12-8-4)38-34-30-26-24-22-18-14-10-6-2/h40-42,45H,5-39H2,1-4H3. The normalized spacial score (nSPS) is 13.3. The van der Waals surface area contributed by atoms with Crippen LogP contribution in [-0.2, 0) is 19.1 Å². The minimum atomic E-state index is -1.45. The van der Waals surface area contributed by atoms with Crippen LogP contribution in [0.5, 0.6) is 0 Å². The van der Waals surface area contributed by atoms with Crippen molar-refractivity contribution in [2.75, 3.05) is 0 Å². The average molecular weight is 695 g/mol. The number of aliphatic hydroxyl groups excluding tert-OH is 1. The molecule has 0 saturated heterocycles. The van der Waals surface area contributed by atoms with Crippen LogP contribution >= 0.6 is 0 Å². The highest BCUT2D eigenvalue weighted by atomic mass is 16.6. The van der Waals surface area contributed by atoms with Crippen LogP contribution in [-0.4, -0.2) is 35.4 Å². The van der Waals surface area contributed by atoms with Gasteiger partial charge in [-0.1, -0.05) is 195 Å². The topological polar surface area (TPSA) is 72.8 Å². The molecule has 0 aromatic rings. The first-order valence-electron chi connectivity index (χ1n) is 22.1. The van der Waals surface area contributed by atoms with Crippen molar-refractivity contribution >= 4 is 11.9 Å². The fourth-order valence-electron chi connectivity index (χ4n) is 6.91. The molecule has 0 aliphatic carbocycles. The van der Waals surface area contributed by atoms with Crippen LogP contribution in [0.2, 0.25) is 0 Å². The van der Waals surface area contributed by atoms with E-state index in [0.29, 0.717) is 0 Å². The molecule has 0 saturated carbocycles. The largest absolute Gasteiger partial charge is 0.462 e. The van der Waals surface area contributed by atoms with E-state index in [-0.39, 0.29) is 18.6 Å². The van der Waals surface area contributed by atoms with E-state index >= 15 is 0 Å². The summed E-state index contributed by atoms with van der Waals surface area (Å²) in [5.74, 6) is -1.13. The van der Waals surface area contributed by atoms with Gasteiger partial charge < -0.3 is 14.6 Å². The molecule has 0 amide bonds. The van der Waals surface area contributed by atoms with E-state index in [1.807, 2.05) is 0 Å². The lowest BCUT2D eigenvalue weighted by atomic mass is 10.0. The summed E-state index contributed by atoms with van der Waals surface area (Å²) in [5, 5.41) is 10.7. The third-order valence-corrected chi connectivity index (χ3v) is 10.2. The molecule has 0 aromatic heterocycles. The molecule has 0 radical (unpaired) electrons. The average Bonchev–Trinajstić information content (AvgIpc) is 3.09. The molecule has 0 heterocycles. The predicted octanol–water partition coefficient (Wildman–Crippen LogP) is 13.9. The molecule has 3 unspecified atom stereocenters. The molecule has 0 rings (SSSR count). The molecule has 5 heteroatoms. The lowest BCUT2D eigenvalue weighted by Gasteiger charge is -2.21. The van der Waals surface area contributed by atoms with Gasteiger partial charge in [-0.2, -0.15) is 0 Å². The van der Waals surface area contributed by atoms with Gasteiger partial charge in [0.1, 0.15) is 12.2 Å². The molecular weight excluding hydrogens is 608 g/mol. The van der Waals surface area contributed by atoms with E-state index in [2.05, 4.69) is 27.7 Å². The van der Waals surface area contributed by atoms with Crippen molar-refractivity contribution in [3.05, 3.63) is 0 Å². The summed E-state index contributed by atoms with van der Waals surface area (Å²) < 4.78 is 11.8. The summed E-state index contributed by atoms with van der Waals surface area (Å²) in [7, 11) is 0. The van der Waals surface area contributed by atoms with E-state index in [0.717, 1.165) is 64.2 Å². The molecule has 1 N–H and O–H groups in total.